The van der Waals surface area contributed by atoms with Crippen molar-refractivity contribution in [2.75, 3.05) is 5.32 Å². The molecule has 0 aliphatic heterocycles. The lowest BCUT2D eigenvalue weighted by molar-refractivity contribution is 0.102. The third kappa shape index (κ3) is 2.90. The van der Waals surface area contributed by atoms with Gasteiger partial charge in [-0.2, -0.15) is 0 Å². The molecule has 6 heteroatoms. The summed E-state index contributed by atoms with van der Waals surface area (Å²) in [6.45, 7) is 1.93. The van der Waals surface area contributed by atoms with Crippen LogP contribution < -0.4 is 10.9 Å². The molecule has 3 aromatic rings. The van der Waals surface area contributed by atoms with Crippen LogP contribution in [0.3, 0.4) is 0 Å². The topological polar surface area (TPSA) is 64.0 Å². The number of halogens is 1. The fraction of sp³-hybridized carbons (Fsp3) is 0.118. The van der Waals surface area contributed by atoms with E-state index in [2.05, 4.69) is 26.2 Å². The van der Waals surface area contributed by atoms with E-state index >= 15 is 0 Å². The van der Waals surface area contributed by atoms with Gasteiger partial charge < -0.3 is 5.32 Å². The minimum atomic E-state index is -0.432. The minimum Gasteiger partial charge on any atom is -0.322 e. The van der Waals surface area contributed by atoms with Crippen LogP contribution in [-0.2, 0) is 7.05 Å². The van der Waals surface area contributed by atoms with Gasteiger partial charge in [0, 0.05) is 28.8 Å². The molecule has 5 nitrogen and oxygen atoms in total. The van der Waals surface area contributed by atoms with Gasteiger partial charge in [-0.15, -0.1) is 0 Å². The Morgan fingerprint density at radius 1 is 1.26 bits per heavy atom. The summed E-state index contributed by atoms with van der Waals surface area (Å²) >= 11 is 3.42. The van der Waals surface area contributed by atoms with E-state index < -0.39 is 5.91 Å². The highest BCUT2D eigenvalue weighted by atomic mass is 79.9. The number of hydrogen-bond donors (Lipinski definition) is 1. The molecular formula is C17H14BrN3O2. The maximum absolute atomic E-state index is 12.5. The van der Waals surface area contributed by atoms with Gasteiger partial charge in [0.1, 0.15) is 11.2 Å². The Hall–Kier alpha value is -2.47. The van der Waals surface area contributed by atoms with Gasteiger partial charge in [0.2, 0.25) is 0 Å². The summed E-state index contributed by atoms with van der Waals surface area (Å²) in [7, 11) is 1.61. The Balaban J connectivity index is 2.02. The van der Waals surface area contributed by atoms with E-state index in [1.807, 2.05) is 25.1 Å². The number of pyridine rings is 2. The zero-order valence-corrected chi connectivity index (χ0v) is 14.2. The molecule has 0 saturated carbocycles. The molecule has 1 aromatic carbocycles. The van der Waals surface area contributed by atoms with Crippen molar-refractivity contribution in [3.8, 4) is 0 Å². The van der Waals surface area contributed by atoms with Gasteiger partial charge in [0.25, 0.3) is 11.5 Å². The first-order valence-electron chi connectivity index (χ1n) is 6.99. The number of anilines is 1. The Kier molecular flexibility index (Phi) is 4.00. The molecule has 2 heterocycles. The Bertz CT molecular complexity index is 979. The summed E-state index contributed by atoms with van der Waals surface area (Å²) in [5.74, 6) is -0.432. The molecule has 116 valence electrons. The van der Waals surface area contributed by atoms with E-state index in [1.54, 1.807) is 31.4 Å². The van der Waals surface area contributed by atoms with Crippen LogP contribution in [0.25, 0.3) is 11.0 Å². The van der Waals surface area contributed by atoms with Crippen molar-refractivity contribution < 1.29 is 4.79 Å². The van der Waals surface area contributed by atoms with Crippen LogP contribution in [0.5, 0.6) is 0 Å². The monoisotopic (exact) mass is 371 g/mol. The number of carbonyl (C=O) groups is 1. The van der Waals surface area contributed by atoms with Gasteiger partial charge in [0.05, 0.1) is 0 Å². The summed E-state index contributed by atoms with van der Waals surface area (Å²) < 4.78 is 2.35. The number of hydrogen-bond acceptors (Lipinski definition) is 3. The maximum atomic E-state index is 12.5. The number of benzene rings is 1. The van der Waals surface area contributed by atoms with Gasteiger partial charge in [-0.1, -0.05) is 15.9 Å². The third-order valence-electron chi connectivity index (χ3n) is 3.63. The number of nitrogens with one attached hydrogen (secondary N) is 1. The molecule has 1 amide bonds. The maximum Gasteiger partial charge on any atom is 0.264 e. The van der Waals surface area contributed by atoms with Crippen molar-refractivity contribution in [3.05, 3.63) is 68.5 Å². The van der Waals surface area contributed by atoms with Crippen molar-refractivity contribution in [3.63, 3.8) is 0 Å². The molecule has 0 fully saturated rings. The number of carbonyl (C=O) groups excluding carboxylic acids is 1. The quantitative estimate of drug-likeness (QED) is 0.751. The molecule has 0 bridgehead atoms. The fourth-order valence-corrected chi connectivity index (χ4v) is 2.63. The van der Waals surface area contributed by atoms with Gasteiger partial charge in [-0.05, 0) is 48.9 Å². The lowest BCUT2D eigenvalue weighted by atomic mass is 10.1. The van der Waals surface area contributed by atoms with Crippen molar-refractivity contribution in [2.45, 2.75) is 6.92 Å². The molecule has 1 N–H and O–H groups in total. The predicted molar refractivity (Wildman–Crippen MR) is 93.8 cm³/mol. The molecule has 0 atom stereocenters. The molecule has 0 saturated heterocycles. The van der Waals surface area contributed by atoms with E-state index in [0.717, 1.165) is 15.4 Å². The smallest absolute Gasteiger partial charge is 0.264 e. The minimum absolute atomic E-state index is 0.0913. The lowest BCUT2D eigenvalue weighted by Crippen LogP contribution is -2.28. The van der Waals surface area contributed by atoms with Crippen LogP contribution in [0.1, 0.15) is 15.9 Å². The van der Waals surface area contributed by atoms with Crippen molar-refractivity contribution in [2.24, 2.45) is 7.05 Å². The highest BCUT2D eigenvalue weighted by Crippen LogP contribution is 2.20. The SMILES string of the molecule is Cc1cc(NC(=O)c2cc3cccnc3n(C)c2=O)ccc1Br. The van der Waals surface area contributed by atoms with Gasteiger partial charge in [-0.25, -0.2) is 4.98 Å². The highest BCUT2D eigenvalue weighted by molar-refractivity contribution is 9.10. The second kappa shape index (κ2) is 5.96. The van der Waals surface area contributed by atoms with Crippen LogP contribution in [-0.4, -0.2) is 15.5 Å². The van der Waals surface area contributed by atoms with Gasteiger partial charge >= 0.3 is 0 Å². The highest BCUT2D eigenvalue weighted by Gasteiger charge is 2.15. The molecule has 0 spiro atoms. The largest absolute Gasteiger partial charge is 0.322 e. The van der Waals surface area contributed by atoms with Crippen LogP contribution in [0, 0.1) is 6.92 Å². The zero-order chi connectivity index (χ0) is 16.6. The second-order valence-corrected chi connectivity index (χ2v) is 6.11. The summed E-state index contributed by atoms with van der Waals surface area (Å²) in [5.41, 5.74) is 1.91. The van der Waals surface area contributed by atoms with Gasteiger partial charge in [-0.3, -0.25) is 14.2 Å². The number of fused-ring (bicyclic) bond motifs is 1. The number of nitrogens with zero attached hydrogens (tertiary/aromatic N) is 2. The predicted octanol–water partition coefficient (Wildman–Crippen LogP) is 3.26. The zero-order valence-electron chi connectivity index (χ0n) is 12.6. The summed E-state index contributed by atoms with van der Waals surface area (Å²) in [6, 6.07) is 10.6. The van der Waals surface area contributed by atoms with Crippen LogP contribution >= 0.6 is 15.9 Å². The molecule has 2 aromatic heterocycles. The number of amides is 1. The first kappa shape index (κ1) is 15.4. The molecule has 3 rings (SSSR count). The van der Waals surface area contributed by atoms with Crippen LogP contribution in [0.2, 0.25) is 0 Å². The summed E-state index contributed by atoms with van der Waals surface area (Å²) in [4.78, 5) is 29.0. The average molecular weight is 372 g/mol. The van der Waals surface area contributed by atoms with E-state index in [1.165, 1.54) is 4.57 Å². The lowest BCUT2D eigenvalue weighted by Gasteiger charge is -2.09. The number of aryl methyl sites for hydroxylation is 2. The molecular weight excluding hydrogens is 358 g/mol. The molecule has 0 radical (unpaired) electrons. The van der Waals surface area contributed by atoms with E-state index in [9.17, 15) is 9.59 Å². The molecule has 0 aliphatic rings. The van der Waals surface area contributed by atoms with Crippen LogP contribution in [0.4, 0.5) is 5.69 Å². The third-order valence-corrected chi connectivity index (χ3v) is 4.52. The molecule has 23 heavy (non-hydrogen) atoms. The fourth-order valence-electron chi connectivity index (χ4n) is 2.38. The van der Waals surface area contributed by atoms with Crippen LogP contribution in [0.15, 0.2) is 51.9 Å². The van der Waals surface area contributed by atoms with Crippen molar-refractivity contribution in [1.82, 2.24) is 9.55 Å². The Morgan fingerprint density at radius 3 is 2.78 bits per heavy atom. The summed E-state index contributed by atoms with van der Waals surface area (Å²) in [5, 5.41) is 3.51. The molecule has 0 unspecified atom stereocenters. The standard InChI is InChI=1S/C17H14BrN3O2/c1-10-8-12(5-6-14(10)18)20-16(22)13-9-11-4-3-7-19-15(11)21(2)17(13)23/h3-9H,1-2H3,(H,20,22). The number of aromatic nitrogens is 2. The Labute approximate surface area is 141 Å². The van der Waals surface area contributed by atoms with Crippen molar-refractivity contribution in [1.29, 1.82) is 0 Å². The van der Waals surface area contributed by atoms with Gasteiger partial charge in [0.15, 0.2) is 0 Å². The molecule has 0 aliphatic carbocycles. The van der Waals surface area contributed by atoms with E-state index in [0.29, 0.717) is 11.3 Å². The van der Waals surface area contributed by atoms with E-state index in [-0.39, 0.29) is 11.1 Å². The number of rotatable bonds is 2. The van der Waals surface area contributed by atoms with E-state index in [4.69, 9.17) is 0 Å². The first-order chi connectivity index (χ1) is 11.0. The summed E-state index contributed by atoms with van der Waals surface area (Å²) in [6.07, 6.45) is 1.62. The first-order valence-corrected chi connectivity index (χ1v) is 7.79. The Morgan fingerprint density at radius 2 is 2.04 bits per heavy atom. The second-order valence-electron chi connectivity index (χ2n) is 5.26. The normalized spacial score (nSPS) is 10.7. The van der Waals surface area contributed by atoms with Crippen molar-refractivity contribution >= 4 is 38.6 Å². The average Bonchev–Trinajstić information content (AvgIpc) is 2.54.